The normalized spacial score (nSPS) is 34.0. The Morgan fingerprint density at radius 1 is 1.20 bits per heavy atom. The fourth-order valence-electron chi connectivity index (χ4n) is 3.05. The van der Waals surface area contributed by atoms with Crippen LogP contribution in [-0.2, 0) is 0 Å². The van der Waals surface area contributed by atoms with Crippen molar-refractivity contribution in [3.8, 4) is 0 Å². The molecule has 15 heavy (non-hydrogen) atoms. The molecule has 0 aliphatic heterocycles. The van der Waals surface area contributed by atoms with Crippen LogP contribution in [0, 0.1) is 11.8 Å². The van der Waals surface area contributed by atoms with E-state index in [-0.39, 0.29) is 0 Å². The maximum absolute atomic E-state index is 8.88. The number of hydrogen-bond acceptors (Lipinski definition) is 2. The Morgan fingerprint density at radius 3 is 2.67 bits per heavy atom. The van der Waals surface area contributed by atoms with Crippen molar-refractivity contribution >= 4 is 0 Å². The molecule has 2 nitrogen and oxygen atoms in total. The molecule has 2 rings (SSSR count). The van der Waals surface area contributed by atoms with E-state index in [0.29, 0.717) is 12.6 Å². The summed E-state index contributed by atoms with van der Waals surface area (Å²) in [5, 5.41) is 12.5. The van der Waals surface area contributed by atoms with E-state index in [1.54, 1.807) is 0 Å². The largest absolute Gasteiger partial charge is 0.396 e. The van der Waals surface area contributed by atoms with Crippen molar-refractivity contribution < 1.29 is 5.11 Å². The van der Waals surface area contributed by atoms with E-state index < -0.39 is 0 Å². The van der Waals surface area contributed by atoms with Gasteiger partial charge in [-0.3, -0.25) is 0 Å². The lowest BCUT2D eigenvalue weighted by Gasteiger charge is -2.32. The summed E-state index contributed by atoms with van der Waals surface area (Å²) in [7, 11) is 0. The Kier molecular flexibility index (Phi) is 4.04. The molecule has 0 aromatic heterocycles. The van der Waals surface area contributed by atoms with Gasteiger partial charge in [0, 0.05) is 18.7 Å². The zero-order chi connectivity index (χ0) is 10.7. The number of rotatable bonds is 5. The van der Waals surface area contributed by atoms with Crippen LogP contribution in [-0.4, -0.2) is 23.8 Å². The Morgan fingerprint density at radius 2 is 2.00 bits per heavy atom. The summed E-state index contributed by atoms with van der Waals surface area (Å²) >= 11 is 0. The van der Waals surface area contributed by atoms with Gasteiger partial charge in [0.1, 0.15) is 0 Å². The molecule has 0 radical (unpaired) electrons. The molecule has 0 aromatic carbocycles. The van der Waals surface area contributed by atoms with Gasteiger partial charge in [-0.15, -0.1) is 0 Å². The van der Waals surface area contributed by atoms with Crippen LogP contribution < -0.4 is 5.32 Å². The first-order valence-electron chi connectivity index (χ1n) is 6.66. The van der Waals surface area contributed by atoms with Crippen molar-refractivity contribution in [1.82, 2.24) is 5.32 Å². The first-order chi connectivity index (χ1) is 7.29. The Labute approximate surface area is 93.5 Å². The molecule has 2 aliphatic rings. The smallest absolute Gasteiger partial charge is 0.0445 e. The molecular formula is C13H25NO. The third-order valence-electron chi connectivity index (χ3n) is 4.09. The van der Waals surface area contributed by atoms with Crippen molar-refractivity contribution in [2.24, 2.45) is 11.8 Å². The van der Waals surface area contributed by atoms with Gasteiger partial charge >= 0.3 is 0 Å². The Balaban J connectivity index is 1.71. The molecule has 88 valence electrons. The van der Waals surface area contributed by atoms with E-state index >= 15 is 0 Å². The molecule has 2 heteroatoms. The molecule has 0 amide bonds. The van der Waals surface area contributed by atoms with Gasteiger partial charge in [0.15, 0.2) is 0 Å². The van der Waals surface area contributed by atoms with Gasteiger partial charge in [-0.25, -0.2) is 0 Å². The average molecular weight is 211 g/mol. The molecule has 2 N–H and O–H groups in total. The lowest BCUT2D eigenvalue weighted by molar-refractivity contribution is 0.225. The van der Waals surface area contributed by atoms with Gasteiger partial charge < -0.3 is 10.4 Å². The highest BCUT2D eigenvalue weighted by atomic mass is 16.3. The molecule has 3 atom stereocenters. The van der Waals surface area contributed by atoms with E-state index in [0.717, 1.165) is 24.3 Å². The number of aliphatic hydroxyl groups excluding tert-OH is 1. The third-order valence-corrected chi connectivity index (χ3v) is 4.09. The zero-order valence-electron chi connectivity index (χ0n) is 9.91. The van der Waals surface area contributed by atoms with Crippen molar-refractivity contribution in [3.63, 3.8) is 0 Å². The fraction of sp³-hybridized carbons (Fsp3) is 1.00. The van der Waals surface area contributed by atoms with E-state index in [2.05, 4.69) is 12.2 Å². The van der Waals surface area contributed by atoms with E-state index in [1.807, 2.05) is 0 Å². The molecule has 0 saturated heterocycles. The van der Waals surface area contributed by atoms with Gasteiger partial charge in [-0.05, 0) is 50.9 Å². The van der Waals surface area contributed by atoms with Crippen LogP contribution in [0.25, 0.3) is 0 Å². The zero-order valence-corrected chi connectivity index (χ0v) is 9.91. The van der Waals surface area contributed by atoms with Gasteiger partial charge in [0.05, 0.1) is 0 Å². The lowest BCUT2D eigenvalue weighted by atomic mass is 9.82. The van der Waals surface area contributed by atoms with Crippen molar-refractivity contribution in [3.05, 3.63) is 0 Å². The molecule has 2 saturated carbocycles. The number of aliphatic hydroxyl groups is 1. The van der Waals surface area contributed by atoms with Crippen LogP contribution in [0.1, 0.15) is 51.9 Å². The predicted molar refractivity (Wildman–Crippen MR) is 62.8 cm³/mol. The molecule has 3 unspecified atom stereocenters. The van der Waals surface area contributed by atoms with Crippen LogP contribution >= 0.6 is 0 Å². The molecular weight excluding hydrogens is 186 g/mol. The minimum Gasteiger partial charge on any atom is -0.396 e. The summed E-state index contributed by atoms with van der Waals surface area (Å²) in [6, 6.07) is 1.21. The van der Waals surface area contributed by atoms with Gasteiger partial charge in [-0.2, -0.15) is 0 Å². The molecule has 2 aliphatic carbocycles. The molecule has 0 spiro atoms. The summed E-state index contributed by atoms with van der Waals surface area (Å²) in [5.74, 6) is 2.08. The molecule has 0 aromatic rings. The standard InChI is InChI=1S/C13H25NO/c1-10(7-8-15)14-13-4-2-3-12(9-13)11-5-6-11/h10-15H,2-9H2,1H3. The summed E-state index contributed by atoms with van der Waals surface area (Å²) in [4.78, 5) is 0. The minimum atomic E-state index is 0.312. The predicted octanol–water partition coefficient (Wildman–Crippen LogP) is 2.32. The maximum atomic E-state index is 8.88. The van der Waals surface area contributed by atoms with Crippen molar-refractivity contribution in [1.29, 1.82) is 0 Å². The number of nitrogens with one attached hydrogen (secondary N) is 1. The topological polar surface area (TPSA) is 32.3 Å². The maximum Gasteiger partial charge on any atom is 0.0445 e. The van der Waals surface area contributed by atoms with Crippen LogP contribution in [0.4, 0.5) is 0 Å². The average Bonchev–Trinajstić information content (AvgIpc) is 3.01. The van der Waals surface area contributed by atoms with Crippen LogP contribution in [0.3, 0.4) is 0 Å². The van der Waals surface area contributed by atoms with E-state index in [1.165, 1.54) is 38.5 Å². The number of hydrogen-bond donors (Lipinski definition) is 2. The van der Waals surface area contributed by atoms with E-state index in [9.17, 15) is 0 Å². The third kappa shape index (κ3) is 3.46. The SMILES string of the molecule is CC(CCO)NC1CCCC(C2CC2)C1. The Bertz CT molecular complexity index is 191. The van der Waals surface area contributed by atoms with Crippen LogP contribution in [0.2, 0.25) is 0 Å². The second-order valence-electron chi connectivity index (χ2n) is 5.54. The van der Waals surface area contributed by atoms with E-state index in [4.69, 9.17) is 5.11 Å². The second kappa shape index (κ2) is 5.31. The quantitative estimate of drug-likeness (QED) is 0.731. The van der Waals surface area contributed by atoms with Gasteiger partial charge in [0.2, 0.25) is 0 Å². The van der Waals surface area contributed by atoms with Gasteiger partial charge in [0.25, 0.3) is 0 Å². The van der Waals surface area contributed by atoms with Crippen LogP contribution in [0.5, 0.6) is 0 Å². The first-order valence-corrected chi connectivity index (χ1v) is 6.66. The Hall–Kier alpha value is -0.0800. The summed E-state index contributed by atoms with van der Waals surface area (Å²) in [5.41, 5.74) is 0. The minimum absolute atomic E-state index is 0.312. The second-order valence-corrected chi connectivity index (χ2v) is 5.54. The molecule has 0 bridgehead atoms. The van der Waals surface area contributed by atoms with Crippen LogP contribution in [0.15, 0.2) is 0 Å². The van der Waals surface area contributed by atoms with Gasteiger partial charge in [-0.1, -0.05) is 12.8 Å². The molecule has 0 heterocycles. The summed E-state index contributed by atoms with van der Waals surface area (Å²) in [6.07, 6.45) is 9.49. The molecule has 2 fully saturated rings. The highest BCUT2D eigenvalue weighted by Gasteiger charge is 2.34. The van der Waals surface area contributed by atoms with Crippen molar-refractivity contribution in [2.75, 3.05) is 6.61 Å². The summed E-state index contributed by atoms with van der Waals surface area (Å²) < 4.78 is 0. The van der Waals surface area contributed by atoms with Crippen molar-refractivity contribution in [2.45, 2.75) is 64.0 Å². The summed E-state index contributed by atoms with van der Waals surface area (Å²) in [6.45, 7) is 2.50. The monoisotopic (exact) mass is 211 g/mol. The highest BCUT2D eigenvalue weighted by Crippen LogP contribution is 2.43. The lowest BCUT2D eigenvalue weighted by Crippen LogP contribution is -2.40. The highest BCUT2D eigenvalue weighted by molar-refractivity contribution is 4.88. The first kappa shape index (κ1) is 11.4. The fourth-order valence-corrected chi connectivity index (χ4v) is 3.05.